The van der Waals surface area contributed by atoms with Gasteiger partial charge >= 0.3 is 0 Å². The van der Waals surface area contributed by atoms with E-state index in [1.165, 1.54) is 11.1 Å². The number of primary amides is 1. The maximum absolute atomic E-state index is 11.4. The standard InChI is InChI=1S/C22H25N3O/c23-22(26)14-18-16-25(21-9-5-4-8-20(18)21)19-10-12-24(13-11-19)15-17-6-2-1-3-7-17/h1-9,16,19H,10-15H2,(H2,23,26). The molecular weight excluding hydrogens is 322 g/mol. The highest BCUT2D eigenvalue weighted by molar-refractivity contribution is 5.89. The fourth-order valence-electron chi connectivity index (χ4n) is 4.11. The third-order valence-electron chi connectivity index (χ3n) is 5.39. The first-order chi connectivity index (χ1) is 12.7. The van der Waals surface area contributed by atoms with Crippen molar-refractivity contribution in [3.8, 4) is 0 Å². The molecule has 0 saturated carbocycles. The number of likely N-dealkylation sites (tertiary alicyclic amines) is 1. The van der Waals surface area contributed by atoms with E-state index in [9.17, 15) is 4.79 Å². The van der Waals surface area contributed by atoms with Gasteiger partial charge in [0, 0.05) is 42.8 Å². The Kier molecular flexibility index (Phi) is 4.76. The van der Waals surface area contributed by atoms with Gasteiger partial charge in [-0.05, 0) is 30.0 Å². The van der Waals surface area contributed by atoms with E-state index >= 15 is 0 Å². The number of benzene rings is 2. The Labute approximate surface area is 154 Å². The van der Waals surface area contributed by atoms with Crippen LogP contribution in [0.3, 0.4) is 0 Å². The summed E-state index contributed by atoms with van der Waals surface area (Å²) in [4.78, 5) is 14.0. The van der Waals surface area contributed by atoms with Gasteiger partial charge in [-0.25, -0.2) is 0 Å². The molecular formula is C22H25N3O. The number of amides is 1. The number of fused-ring (bicyclic) bond motifs is 1. The normalized spacial score (nSPS) is 16.2. The average molecular weight is 347 g/mol. The maximum Gasteiger partial charge on any atom is 0.221 e. The van der Waals surface area contributed by atoms with Crippen molar-refractivity contribution in [2.24, 2.45) is 5.73 Å². The number of para-hydroxylation sites is 1. The zero-order valence-corrected chi connectivity index (χ0v) is 15.0. The monoisotopic (exact) mass is 347 g/mol. The molecule has 0 unspecified atom stereocenters. The Morgan fingerprint density at radius 3 is 2.42 bits per heavy atom. The largest absolute Gasteiger partial charge is 0.369 e. The summed E-state index contributed by atoms with van der Waals surface area (Å²) in [5, 5.41) is 1.15. The number of hydrogen-bond acceptors (Lipinski definition) is 2. The molecule has 1 fully saturated rings. The Balaban J connectivity index is 1.50. The lowest BCUT2D eigenvalue weighted by molar-refractivity contribution is -0.117. The van der Waals surface area contributed by atoms with E-state index in [1.807, 2.05) is 6.07 Å². The van der Waals surface area contributed by atoms with Crippen LogP contribution in [0, 0.1) is 0 Å². The summed E-state index contributed by atoms with van der Waals surface area (Å²) < 4.78 is 2.37. The molecule has 0 aliphatic carbocycles. The summed E-state index contributed by atoms with van der Waals surface area (Å²) in [6.45, 7) is 3.21. The molecule has 1 aliphatic heterocycles. The average Bonchev–Trinajstić information content (AvgIpc) is 3.01. The summed E-state index contributed by atoms with van der Waals surface area (Å²) >= 11 is 0. The highest BCUT2D eigenvalue weighted by Gasteiger charge is 2.22. The lowest BCUT2D eigenvalue weighted by Crippen LogP contribution is -2.34. The van der Waals surface area contributed by atoms with Crippen molar-refractivity contribution in [3.05, 3.63) is 71.9 Å². The quantitative estimate of drug-likeness (QED) is 0.768. The smallest absolute Gasteiger partial charge is 0.221 e. The molecule has 0 bridgehead atoms. The summed E-state index contributed by atoms with van der Waals surface area (Å²) in [5.41, 5.74) is 9.07. The molecule has 1 amide bonds. The second kappa shape index (κ2) is 7.34. The van der Waals surface area contributed by atoms with E-state index < -0.39 is 0 Å². The lowest BCUT2D eigenvalue weighted by atomic mass is 10.0. The van der Waals surface area contributed by atoms with Crippen LogP contribution in [-0.4, -0.2) is 28.5 Å². The number of rotatable bonds is 5. The lowest BCUT2D eigenvalue weighted by Gasteiger charge is -2.33. The third kappa shape index (κ3) is 3.51. The number of carbonyl (C=O) groups is 1. The number of piperidine rings is 1. The van der Waals surface area contributed by atoms with Crippen molar-refractivity contribution in [1.29, 1.82) is 0 Å². The molecule has 134 valence electrons. The highest BCUT2D eigenvalue weighted by Crippen LogP contribution is 2.30. The van der Waals surface area contributed by atoms with Crippen LogP contribution >= 0.6 is 0 Å². The van der Waals surface area contributed by atoms with Crippen molar-refractivity contribution in [1.82, 2.24) is 9.47 Å². The van der Waals surface area contributed by atoms with Gasteiger partial charge in [-0.3, -0.25) is 9.69 Å². The molecule has 0 radical (unpaired) electrons. The van der Waals surface area contributed by atoms with Crippen LogP contribution < -0.4 is 5.73 Å². The van der Waals surface area contributed by atoms with Gasteiger partial charge in [-0.2, -0.15) is 0 Å². The van der Waals surface area contributed by atoms with E-state index in [1.54, 1.807) is 0 Å². The molecule has 1 saturated heterocycles. The molecule has 4 heteroatoms. The number of nitrogens with two attached hydrogens (primary N) is 1. The van der Waals surface area contributed by atoms with Crippen LogP contribution in [0.1, 0.15) is 30.0 Å². The molecule has 4 nitrogen and oxygen atoms in total. The Hall–Kier alpha value is -2.59. The number of carbonyl (C=O) groups excluding carboxylic acids is 1. The SMILES string of the molecule is NC(=O)Cc1cn(C2CCN(Cc3ccccc3)CC2)c2ccccc12. The van der Waals surface area contributed by atoms with Crippen LogP contribution in [0.5, 0.6) is 0 Å². The van der Waals surface area contributed by atoms with Crippen LogP contribution in [0.2, 0.25) is 0 Å². The zero-order valence-electron chi connectivity index (χ0n) is 15.0. The van der Waals surface area contributed by atoms with Gasteiger partial charge in [-0.1, -0.05) is 48.5 Å². The molecule has 1 aliphatic rings. The molecule has 0 spiro atoms. The third-order valence-corrected chi connectivity index (χ3v) is 5.39. The fraction of sp³-hybridized carbons (Fsp3) is 0.318. The Morgan fingerprint density at radius 2 is 1.69 bits per heavy atom. The first-order valence-corrected chi connectivity index (χ1v) is 9.34. The maximum atomic E-state index is 11.4. The van der Waals surface area contributed by atoms with E-state index in [2.05, 4.69) is 64.2 Å². The van der Waals surface area contributed by atoms with E-state index in [0.29, 0.717) is 12.5 Å². The van der Waals surface area contributed by atoms with Crippen molar-refractivity contribution in [2.75, 3.05) is 13.1 Å². The highest BCUT2D eigenvalue weighted by atomic mass is 16.1. The van der Waals surface area contributed by atoms with E-state index in [0.717, 1.165) is 43.4 Å². The minimum atomic E-state index is -0.273. The molecule has 0 atom stereocenters. The van der Waals surface area contributed by atoms with Crippen molar-refractivity contribution in [3.63, 3.8) is 0 Å². The second-order valence-electron chi connectivity index (χ2n) is 7.21. The topological polar surface area (TPSA) is 51.3 Å². The molecule has 4 rings (SSSR count). The van der Waals surface area contributed by atoms with Gasteiger partial charge in [0.2, 0.25) is 5.91 Å². The van der Waals surface area contributed by atoms with Crippen molar-refractivity contribution >= 4 is 16.8 Å². The number of aromatic nitrogens is 1. The summed E-state index contributed by atoms with van der Waals surface area (Å²) in [5.74, 6) is -0.273. The Bertz CT molecular complexity index is 892. The Morgan fingerprint density at radius 1 is 1.00 bits per heavy atom. The molecule has 2 N–H and O–H groups in total. The summed E-state index contributed by atoms with van der Waals surface area (Å²) in [6.07, 6.45) is 4.70. The van der Waals surface area contributed by atoms with Gasteiger partial charge in [-0.15, -0.1) is 0 Å². The number of nitrogens with zero attached hydrogens (tertiary/aromatic N) is 2. The molecule has 26 heavy (non-hydrogen) atoms. The molecule has 2 aromatic carbocycles. The predicted octanol–water partition coefficient (Wildman–Crippen LogP) is 3.51. The first-order valence-electron chi connectivity index (χ1n) is 9.34. The van der Waals surface area contributed by atoms with Crippen LogP contribution in [0.4, 0.5) is 0 Å². The number of hydrogen-bond donors (Lipinski definition) is 1. The van der Waals surface area contributed by atoms with Crippen LogP contribution in [-0.2, 0) is 17.8 Å². The minimum Gasteiger partial charge on any atom is -0.369 e. The minimum absolute atomic E-state index is 0.273. The fourth-order valence-corrected chi connectivity index (χ4v) is 4.11. The van der Waals surface area contributed by atoms with Gasteiger partial charge < -0.3 is 10.3 Å². The van der Waals surface area contributed by atoms with Gasteiger partial charge in [0.15, 0.2) is 0 Å². The van der Waals surface area contributed by atoms with Crippen LogP contribution in [0.15, 0.2) is 60.8 Å². The van der Waals surface area contributed by atoms with Crippen LogP contribution in [0.25, 0.3) is 10.9 Å². The summed E-state index contributed by atoms with van der Waals surface area (Å²) in [6, 6.07) is 19.5. The first kappa shape index (κ1) is 16.9. The van der Waals surface area contributed by atoms with Gasteiger partial charge in [0.25, 0.3) is 0 Å². The molecule has 3 aromatic rings. The predicted molar refractivity (Wildman–Crippen MR) is 105 cm³/mol. The zero-order chi connectivity index (χ0) is 17.9. The van der Waals surface area contributed by atoms with Gasteiger partial charge in [0.1, 0.15) is 0 Å². The van der Waals surface area contributed by atoms with Crippen molar-refractivity contribution < 1.29 is 4.79 Å². The van der Waals surface area contributed by atoms with Crippen molar-refractivity contribution in [2.45, 2.75) is 31.8 Å². The summed E-state index contributed by atoms with van der Waals surface area (Å²) in [7, 11) is 0. The van der Waals surface area contributed by atoms with E-state index in [4.69, 9.17) is 5.73 Å². The molecule has 2 heterocycles. The van der Waals surface area contributed by atoms with Gasteiger partial charge in [0.05, 0.1) is 6.42 Å². The second-order valence-corrected chi connectivity index (χ2v) is 7.21. The van der Waals surface area contributed by atoms with E-state index in [-0.39, 0.29) is 5.91 Å². The molecule has 1 aromatic heterocycles.